The Kier molecular flexibility index (Phi) is 8.21. The molecule has 1 N–H and O–H groups in total. The van der Waals surface area contributed by atoms with Crippen LogP contribution in [0.1, 0.15) is 18.4 Å². The largest absolute Gasteiger partial charge is 0.376 e. The summed E-state index contributed by atoms with van der Waals surface area (Å²) < 4.78 is 13.7. The number of piperazine rings is 1. The minimum absolute atomic E-state index is 0. The number of β-amino-alcohol motifs (C(OH)–C–C–N with tert-alkyl or cyclic N) is 1. The summed E-state index contributed by atoms with van der Waals surface area (Å²) in [5.74, 6) is 0.456. The van der Waals surface area contributed by atoms with Crippen molar-refractivity contribution in [3.05, 3.63) is 52.5 Å². The van der Waals surface area contributed by atoms with Gasteiger partial charge < -0.3 is 10.0 Å². The van der Waals surface area contributed by atoms with Crippen molar-refractivity contribution in [3.8, 4) is 0 Å². The second kappa shape index (κ2) is 10.2. The van der Waals surface area contributed by atoms with E-state index in [1.807, 2.05) is 17.0 Å². The fourth-order valence-electron chi connectivity index (χ4n) is 3.01. The van der Waals surface area contributed by atoms with Crippen LogP contribution in [0.4, 0.5) is 10.3 Å². The summed E-state index contributed by atoms with van der Waals surface area (Å²) in [7, 11) is 0. The molecule has 2 aromatic rings. The molecule has 2 heterocycles. The van der Waals surface area contributed by atoms with Gasteiger partial charge in [0.05, 0.1) is 11.0 Å². The summed E-state index contributed by atoms with van der Waals surface area (Å²) in [5, 5.41) is 10.4. The van der Waals surface area contributed by atoms with E-state index >= 15 is 0 Å². The minimum atomic E-state index is -0.508. The van der Waals surface area contributed by atoms with Gasteiger partial charge in [0.15, 0.2) is 0 Å². The lowest BCUT2D eigenvalue weighted by atomic mass is 10.1. The van der Waals surface area contributed by atoms with Gasteiger partial charge in [-0.2, -0.15) is 0 Å². The first-order valence-corrected chi connectivity index (χ1v) is 9.30. The van der Waals surface area contributed by atoms with Crippen LogP contribution in [0.15, 0.2) is 41.1 Å². The number of halogens is 3. The van der Waals surface area contributed by atoms with Crippen molar-refractivity contribution < 1.29 is 9.50 Å². The molecule has 0 aliphatic carbocycles. The Hall–Kier alpha value is -1.28. The van der Waals surface area contributed by atoms with Crippen LogP contribution < -0.4 is 4.90 Å². The average molecular weight is 446 g/mol. The van der Waals surface area contributed by atoms with Gasteiger partial charge in [0.1, 0.15) is 12.0 Å². The number of benzene rings is 1. The summed E-state index contributed by atoms with van der Waals surface area (Å²) in [4.78, 5) is 12.7. The Morgan fingerprint density at radius 2 is 1.81 bits per heavy atom. The van der Waals surface area contributed by atoms with Crippen LogP contribution in [0, 0.1) is 5.82 Å². The Bertz CT molecular complexity index is 674. The van der Waals surface area contributed by atoms with E-state index in [4.69, 9.17) is 0 Å². The summed E-state index contributed by atoms with van der Waals surface area (Å²) in [5.41, 5.74) is 1.15. The highest BCUT2D eigenvalue weighted by molar-refractivity contribution is 9.10. The number of unbranched alkanes of at least 4 members (excludes halogenated alkanes) is 1. The second-order valence-electron chi connectivity index (χ2n) is 6.25. The van der Waals surface area contributed by atoms with Gasteiger partial charge in [0, 0.05) is 32.0 Å². The van der Waals surface area contributed by atoms with Crippen molar-refractivity contribution in [1.82, 2.24) is 14.9 Å². The van der Waals surface area contributed by atoms with Gasteiger partial charge in [0.25, 0.3) is 0 Å². The predicted molar refractivity (Wildman–Crippen MR) is 106 cm³/mol. The van der Waals surface area contributed by atoms with Crippen LogP contribution in [0.3, 0.4) is 0 Å². The quantitative estimate of drug-likeness (QED) is 0.692. The van der Waals surface area contributed by atoms with E-state index in [9.17, 15) is 9.50 Å². The van der Waals surface area contributed by atoms with Crippen LogP contribution in [0.2, 0.25) is 0 Å². The Labute approximate surface area is 167 Å². The Morgan fingerprint density at radius 3 is 2.46 bits per heavy atom. The number of anilines is 1. The third-order valence-electron chi connectivity index (χ3n) is 4.43. The zero-order chi connectivity index (χ0) is 17.6. The first-order valence-electron chi connectivity index (χ1n) is 8.51. The van der Waals surface area contributed by atoms with Crippen molar-refractivity contribution in [3.63, 3.8) is 0 Å². The topological polar surface area (TPSA) is 52.5 Å². The first-order chi connectivity index (χ1) is 12.1. The van der Waals surface area contributed by atoms with Crippen LogP contribution in [0.25, 0.3) is 0 Å². The van der Waals surface area contributed by atoms with E-state index in [-0.39, 0.29) is 18.2 Å². The normalized spacial score (nSPS) is 17.8. The Balaban J connectivity index is 0.00000243. The number of aliphatic hydroxyl groups excluding tert-OH is 1. The zero-order valence-corrected chi connectivity index (χ0v) is 16.8. The maximum Gasteiger partial charge on any atom is 0.225 e. The van der Waals surface area contributed by atoms with Gasteiger partial charge in [-0.3, -0.25) is 4.90 Å². The lowest BCUT2D eigenvalue weighted by Gasteiger charge is -2.38. The third-order valence-corrected chi connectivity index (χ3v) is 4.84. The smallest absolute Gasteiger partial charge is 0.225 e. The summed E-state index contributed by atoms with van der Waals surface area (Å²) >= 11 is 3.33. The van der Waals surface area contributed by atoms with Crippen LogP contribution >= 0.6 is 28.3 Å². The van der Waals surface area contributed by atoms with Crippen molar-refractivity contribution >= 4 is 34.3 Å². The van der Waals surface area contributed by atoms with Gasteiger partial charge in [-0.05, 0) is 52.9 Å². The van der Waals surface area contributed by atoms with Crippen molar-refractivity contribution in [2.24, 2.45) is 0 Å². The monoisotopic (exact) mass is 444 g/mol. The molecule has 0 saturated carbocycles. The van der Waals surface area contributed by atoms with E-state index in [0.29, 0.717) is 12.5 Å². The molecule has 8 heteroatoms. The van der Waals surface area contributed by atoms with E-state index in [1.165, 1.54) is 12.1 Å². The van der Waals surface area contributed by atoms with Gasteiger partial charge in [-0.15, -0.1) is 12.4 Å². The number of rotatable bonds is 6. The molecule has 0 spiro atoms. The molecular formula is C18H23BrClFN4O. The number of hydrogen-bond acceptors (Lipinski definition) is 5. The average Bonchev–Trinajstić information content (AvgIpc) is 2.62. The number of aromatic nitrogens is 2. The van der Waals surface area contributed by atoms with Crippen molar-refractivity contribution in [2.45, 2.75) is 25.5 Å². The van der Waals surface area contributed by atoms with Crippen molar-refractivity contribution in [1.29, 1.82) is 0 Å². The Morgan fingerprint density at radius 1 is 1.12 bits per heavy atom. The van der Waals surface area contributed by atoms with Gasteiger partial charge in [-0.1, -0.05) is 12.1 Å². The lowest BCUT2D eigenvalue weighted by molar-refractivity contribution is -0.00460. The third kappa shape index (κ3) is 5.87. The van der Waals surface area contributed by atoms with Gasteiger partial charge >= 0.3 is 0 Å². The molecule has 142 valence electrons. The van der Waals surface area contributed by atoms with Crippen LogP contribution in [0.5, 0.6) is 0 Å². The molecule has 5 nitrogen and oxygen atoms in total. The molecule has 1 aliphatic heterocycles. The standard InChI is InChI=1S/C18H22BrFN4O.ClH/c19-15-11-21-18(22-12-15)24-10-9-23(17(25)13-24)8-2-1-3-14-4-6-16(20)7-5-14;/h4-7,11-12,17,25H,1-3,8-10,13H2;1H. The van der Waals surface area contributed by atoms with Crippen LogP contribution in [-0.4, -0.2) is 52.4 Å². The highest BCUT2D eigenvalue weighted by atomic mass is 79.9. The molecular weight excluding hydrogens is 423 g/mol. The predicted octanol–water partition coefficient (Wildman–Crippen LogP) is 3.26. The summed E-state index contributed by atoms with van der Waals surface area (Å²) in [6.45, 7) is 2.96. The highest BCUT2D eigenvalue weighted by Crippen LogP contribution is 2.16. The zero-order valence-electron chi connectivity index (χ0n) is 14.4. The molecule has 0 radical (unpaired) electrons. The maximum absolute atomic E-state index is 12.9. The number of aliphatic hydroxyl groups is 1. The number of nitrogens with zero attached hydrogens (tertiary/aromatic N) is 4. The molecule has 26 heavy (non-hydrogen) atoms. The molecule has 0 amide bonds. The summed E-state index contributed by atoms with van der Waals surface area (Å²) in [6, 6.07) is 6.67. The fraction of sp³-hybridized carbons (Fsp3) is 0.444. The summed E-state index contributed by atoms with van der Waals surface area (Å²) in [6.07, 6.45) is 5.89. The molecule has 1 saturated heterocycles. The van der Waals surface area contributed by atoms with Crippen molar-refractivity contribution in [2.75, 3.05) is 31.1 Å². The fourth-order valence-corrected chi connectivity index (χ4v) is 3.21. The maximum atomic E-state index is 12.9. The van der Waals surface area contributed by atoms with Gasteiger partial charge in [0.2, 0.25) is 5.95 Å². The highest BCUT2D eigenvalue weighted by Gasteiger charge is 2.26. The molecule has 1 atom stereocenters. The molecule has 1 unspecified atom stereocenters. The van der Waals surface area contributed by atoms with E-state index < -0.39 is 6.23 Å². The van der Waals surface area contributed by atoms with Gasteiger partial charge in [-0.25, -0.2) is 14.4 Å². The number of hydrogen-bond donors (Lipinski definition) is 1. The molecule has 1 fully saturated rings. The lowest BCUT2D eigenvalue weighted by Crippen LogP contribution is -2.53. The van der Waals surface area contributed by atoms with E-state index in [1.54, 1.807) is 12.4 Å². The first kappa shape index (κ1) is 21.0. The molecule has 1 aromatic carbocycles. The van der Waals surface area contributed by atoms with E-state index in [2.05, 4.69) is 30.8 Å². The number of aryl methyl sites for hydroxylation is 1. The molecule has 0 bridgehead atoms. The van der Waals surface area contributed by atoms with E-state index in [0.717, 1.165) is 48.9 Å². The van der Waals surface area contributed by atoms with Crippen LogP contribution in [-0.2, 0) is 6.42 Å². The molecule has 3 rings (SSSR count). The molecule has 1 aromatic heterocycles. The minimum Gasteiger partial charge on any atom is -0.376 e. The molecule has 1 aliphatic rings. The second-order valence-corrected chi connectivity index (χ2v) is 7.16. The SMILES string of the molecule is Cl.OC1CN(c2ncc(Br)cn2)CCN1CCCCc1ccc(F)cc1.